The first kappa shape index (κ1) is 21.1. The highest BCUT2D eigenvalue weighted by Gasteiger charge is 2.16. The maximum atomic E-state index is 12.8. The van der Waals surface area contributed by atoms with Crippen molar-refractivity contribution in [3.05, 3.63) is 101 Å². The van der Waals surface area contributed by atoms with Crippen LogP contribution < -0.4 is 15.4 Å². The van der Waals surface area contributed by atoms with E-state index >= 15 is 0 Å². The Hall–Kier alpha value is -4.10. The average molecular weight is 447 g/mol. The number of nitrogens with zero attached hydrogens (tertiary/aromatic N) is 2. The highest BCUT2D eigenvalue weighted by atomic mass is 35.5. The van der Waals surface area contributed by atoms with E-state index in [9.17, 15) is 9.59 Å². The molecule has 3 aromatic carbocycles. The molecule has 0 saturated carbocycles. The fourth-order valence-corrected chi connectivity index (χ4v) is 3.18. The third kappa shape index (κ3) is 4.79. The van der Waals surface area contributed by atoms with Gasteiger partial charge in [-0.3, -0.25) is 9.59 Å². The molecule has 0 fully saturated rings. The molecule has 2 N–H and O–H groups in total. The average Bonchev–Trinajstić information content (AvgIpc) is 3.30. The molecule has 4 aromatic rings. The fourth-order valence-electron chi connectivity index (χ4n) is 3.06. The zero-order chi connectivity index (χ0) is 22.5. The number of aromatic nitrogens is 2. The Morgan fingerprint density at radius 2 is 1.72 bits per heavy atom. The van der Waals surface area contributed by atoms with Crippen LogP contribution in [0, 0.1) is 0 Å². The molecule has 0 unspecified atom stereocenters. The molecule has 0 aliphatic rings. The number of nitrogens with one attached hydrogen (secondary N) is 2. The van der Waals surface area contributed by atoms with E-state index in [-0.39, 0.29) is 11.8 Å². The van der Waals surface area contributed by atoms with Crippen LogP contribution in [-0.2, 0) is 0 Å². The Labute approximate surface area is 189 Å². The van der Waals surface area contributed by atoms with Gasteiger partial charge in [0.15, 0.2) is 0 Å². The van der Waals surface area contributed by atoms with Crippen molar-refractivity contribution < 1.29 is 14.3 Å². The molecule has 0 saturated heterocycles. The van der Waals surface area contributed by atoms with Crippen LogP contribution >= 0.6 is 11.6 Å². The van der Waals surface area contributed by atoms with Gasteiger partial charge in [0.2, 0.25) is 0 Å². The molecule has 32 heavy (non-hydrogen) atoms. The van der Waals surface area contributed by atoms with E-state index in [1.165, 1.54) is 6.20 Å². The van der Waals surface area contributed by atoms with Crippen molar-refractivity contribution in [2.75, 3.05) is 17.7 Å². The molecule has 7 nitrogen and oxygen atoms in total. The number of carbonyl (C=O) groups excluding carboxylic acids is 2. The van der Waals surface area contributed by atoms with Gasteiger partial charge in [-0.1, -0.05) is 29.8 Å². The molecule has 4 rings (SSSR count). The minimum Gasteiger partial charge on any atom is -0.497 e. The van der Waals surface area contributed by atoms with E-state index in [0.29, 0.717) is 33.3 Å². The van der Waals surface area contributed by atoms with E-state index < -0.39 is 0 Å². The molecule has 8 heteroatoms. The topological polar surface area (TPSA) is 85.2 Å². The molecule has 0 aliphatic heterocycles. The van der Waals surface area contributed by atoms with Gasteiger partial charge in [0.25, 0.3) is 11.8 Å². The van der Waals surface area contributed by atoms with Crippen molar-refractivity contribution in [3.8, 4) is 11.4 Å². The lowest BCUT2D eigenvalue weighted by atomic mass is 10.1. The quantitative estimate of drug-likeness (QED) is 0.434. The van der Waals surface area contributed by atoms with E-state index in [4.69, 9.17) is 16.3 Å². The van der Waals surface area contributed by atoms with Crippen molar-refractivity contribution in [1.82, 2.24) is 9.78 Å². The number of benzene rings is 3. The molecule has 1 aromatic heterocycles. The zero-order valence-electron chi connectivity index (χ0n) is 17.1. The maximum absolute atomic E-state index is 12.8. The summed E-state index contributed by atoms with van der Waals surface area (Å²) in [5.74, 6) is -0.111. The monoisotopic (exact) mass is 446 g/mol. The first-order valence-corrected chi connectivity index (χ1v) is 10.1. The third-order valence-corrected chi connectivity index (χ3v) is 4.94. The summed E-state index contributed by atoms with van der Waals surface area (Å²) >= 11 is 5.92. The van der Waals surface area contributed by atoms with Gasteiger partial charge < -0.3 is 15.4 Å². The van der Waals surface area contributed by atoms with Gasteiger partial charge in [0.05, 0.1) is 35.8 Å². The lowest BCUT2D eigenvalue weighted by molar-refractivity contribution is 0.102. The van der Waals surface area contributed by atoms with Crippen molar-refractivity contribution >= 4 is 34.8 Å². The van der Waals surface area contributed by atoms with Crippen LogP contribution in [0.25, 0.3) is 5.69 Å². The van der Waals surface area contributed by atoms with Gasteiger partial charge in [-0.25, -0.2) is 4.68 Å². The maximum Gasteiger partial charge on any atom is 0.258 e. The predicted octanol–water partition coefficient (Wildman–Crippen LogP) is 5.04. The van der Waals surface area contributed by atoms with Crippen LogP contribution in [0.5, 0.6) is 5.75 Å². The number of para-hydroxylation sites is 1. The van der Waals surface area contributed by atoms with E-state index in [1.807, 2.05) is 0 Å². The number of amides is 2. The van der Waals surface area contributed by atoms with Gasteiger partial charge in [0, 0.05) is 23.0 Å². The van der Waals surface area contributed by atoms with E-state index in [1.54, 1.807) is 90.8 Å². The summed E-state index contributed by atoms with van der Waals surface area (Å²) in [4.78, 5) is 25.6. The van der Waals surface area contributed by atoms with Crippen LogP contribution in [0.2, 0.25) is 5.02 Å². The van der Waals surface area contributed by atoms with Crippen LogP contribution in [0.1, 0.15) is 20.7 Å². The normalized spacial score (nSPS) is 10.4. The first-order valence-electron chi connectivity index (χ1n) is 9.70. The Kier molecular flexibility index (Phi) is 6.19. The second-order valence-electron chi connectivity index (χ2n) is 6.84. The lowest BCUT2D eigenvalue weighted by Gasteiger charge is -2.11. The summed E-state index contributed by atoms with van der Waals surface area (Å²) in [5, 5.41) is 10.5. The van der Waals surface area contributed by atoms with Gasteiger partial charge >= 0.3 is 0 Å². The standard InChI is InChI=1S/C24H19ClN4O3/c1-32-20-6-4-5-18(13-20)27-24(31)21-7-2-3-8-22(21)28-23(30)16-14-26-29(15-16)19-11-9-17(25)10-12-19/h2-15H,1H3,(H,27,31)(H,28,30). The smallest absolute Gasteiger partial charge is 0.258 e. The summed E-state index contributed by atoms with van der Waals surface area (Å²) in [6, 6.07) is 20.9. The van der Waals surface area contributed by atoms with Gasteiger partial charge in [-0.15, -0.1) is 0 Å². The molecular formula is C24H19ClN4O3. The van der Waals surface area contributed by atoms with E-state index in [0.717, 1.165) is 5.69 Å². The Balaban J connectivity index is 1.51. The Morgan fingerprint density at radius 3 is 2.50 bits per heavy atom. The van der Waals surface area contributed by atoms with Crippen LogP contribution in [0.4, 0.5) is 11.4 Å². The first-order chi connectivity index (χ1) is 15.5. The second kappa shape index (κ2) is 9.36. The number of anilines is 2. The molecular weight excluding hydrogens is 428 g/mol. The third-order valence-electron chi connectivity index (χ3n) is 4.68. The summed E-state index contributed by atoms with van der Waals surface area (Å²) in [7, 11) is 1.56. The molecule has 0 aliphatic carbocycles. The number of ether oxygens (including phenoxy) is 1. The van der Waals surface area contributed by atoms with Crippen molar-refractivity contribution in [2.45, 2.75) is 0 Å². The molecule has 0 radical (unpaired) electrons. The summed E-state index contributed by atoms with van der Waals surface area (Å²) in [6.07, 6.45) is 3.07. The number of methoxy groups -OCH3 is 1. The Bertz CT molecular complexity index is 1270. The van der Waals surface area contributed by atoms with Crippen molar-refractivity contribution in [2.24, 2.45) is 0 Å². The van der Waals surface area contributed by atoms with Crippen LogP contribution in [0.3, 0.4) is 0 Å². The van der Waals surface area contributed by atoms with Crippen molar-refractivity contribution in [1.29, 1.82) is 0 Å². The molecule has 0 spiro atoms. The number of halogens is 1. The molecule has 2 amide bonds. The summed E-state index contributed by atoms with van der Waals surface area (Å²) in [6.45, 7) is 0. The summed E-state index contributed by atoms with van der Waals surface area (Å²) < 4.78 is 6.76. The molecule has 0 bridgehead atoms. The SMILES string of the molecule is COc1cccc(NC(=O)c2ccccc2NC(=O)c2cnn(-c3ccc(Cl)cc3)c2)c1. The minimum atomic E-state index is -0.383. The summed E-state index contributed by atoms with van der Waals surface area (Å²) in [5.41, 5.74) is 2.42. The van der Waals surface area contributed by atoms with Gasteiger partial charge in [-0.2, -0.15) is 5.10 Å². The van der Waals surface area contributed by atoms with Crippen molar-refractivity contribution in [3.63, 3.8) is 0 Å². The number of hydrogen-bond donors (Lipinski definition) is 2. The zero-order valence-corrected chi connectivity index (χ0v) is 17.8. The van der Waals surface area contributed by atoms with Crippen LogP contribution in [0.15, 0.2) is 85.2 Å². The van der Waals surface area contributed by atoms with Gasteiger partial charge in [0.1, 0.15) is 5.75 Å². The molecule has 160 valence electrons. The fraction of sp³-hybridized carbons (Fsp3) is 0.0417. The minimum absolute atomic E-state index is 0.328. The lowest BCUT2D eigenvalue weighted by Crippen LogP contribution is -2.18. The van der Waals surface area contributed by atoms with E-state index in [2.05, 4.69) is 15.7 Å². The molecule has 1 heterocycles. The Morgan fingerprint density at radius 1 is 0.938 bits per heavy atom. The number of rotatable bonds is 6. The number of carbonyl (C=O) groups is 2. The second-order valence-corrected chi connectivity index (χ2v) is 7.27. The molecule has 0 atom stereocenters. The largest absolute Gasteiger partial charge is 0.497 e. The highest BCUT2D eigenvalue weighted by Crippen LogP contribution is 2.21. The van der Waals surface area contributed by atoms with Crippen LogP contribution in [-0.4, -0.2) is 28.7 Å². The number of hydrogen-bond acceptors (Lipinski definition) is 4. The predicted molar refractivity (Wildman–Crippen MR) is 124 cm³/mol. The highest BCUT2D eigenvalue weighted by molar-refractivity contribution is 6.30. The van der Waals surface area contributed by atoms with Gasteiger partial charge in [-0.05, 0) is 48.5 Å².